The van der Waals surface area contributed by atoms with Crippen molar-refractivity contribution in [3.63, 3.8) is 0 Å². The Hall–Kier alpha value is -5.15. The second-order valence-corrected chi connectivity index (χ2v) is 28.9. The summed E-state index contributed by atoms with van der Waals surface area (Å²) in [4.78, 5) is 34.6. The van der Waals surface area contributed by atoms with Crippen LogP contribution in [0.5, 0.6) is 69.0 Å². The van der Waals surface area contributed by atoms with E-state index in [1.165, 1.54) is 77.6 Å². The Morgan fingerprint density at radius 2 is 0.451 bits per heavy atom. The molecule has 678 valence electrons. The third-order valence-electron chi connectivity index (χ3n) is 13.6. The van der Waals surface area contributed by atoms with Crippen LogP contribution in [0.1, 0.15) is 141 Å². The van der Waals surface area contributed by atoms with E-state index < -0.39 is 11.9 Å². The minimum atomic E-state index is -1.08. The molecule has 0 bridgehead atoms. The molecule has 0 aliphatic carbocycles. The third kappa shape index (κ3) is 62.1. The van der Waals surface area contributed by atoms with E-state index in [1.54, 1.807) is 97.1 Å². The smallest absolute Gasteiger partial charge is 0.871 e. The largest absolute Gasteiger partial charge is 3.00 e. The number of carbonyl (C=O) groups excluding carboxylic acids is 2. The second-order valence-electron chi connectivity index (χ2n) is 25.7. The standard InChI is InChI=1S/4C18H21NO3.2C2H4O2.4CH2Cl2.4CH4O.2Dy.2H2O.2Zn/c4*1-18(2,3)13-8-9-15(20)14(10-13)19-11-12-6-5-7-16(22-4)17(12)21;2*1-2(3)4;4*2-1-3;4*1-2;;;;;;/h4*5-11,20-21H,1-4H3;2*1H3,(H,3,4);4*1H2;4*2H,1H3;;;2*1H2;;/q;;;;;;;;;;;;;;2*+3;;;2*+2/p-10. The zero-order valence-corrected chi connectivity index (χ0v) is 88.2. The quantitative estimate of drug-likeness (QED) is 0.0501. The van der Waals surface area contributed by atoms with Gasteiger partial charge in [-0.25, -0.2) is 0 Å². The van der Waals surface area contributed by atoms with Crippen LogP contribution in [-0.2, 0) is 70.2 Å². The van der Waals surface area contributed by atoms with E-state index in [1.807, 2.05) is 24.3 Å². The molecule has 26 nitrogen and oxygen atoms in total. The number of nitrogens with zero attached hydrogens (tertiary/aromatic N) is 4. The number of hydrogen-bond acceptors (Lipinski definition) is 24. The zero-order valence-electron chi connectivity index (χ0n) is 72.2. The molecule has 0 spiro atoms. The van der Waals surface area contributed by atoms with E-state index in [0.29, 0.717) is 45.0 Å². The number of carboxylic acid groups (broad SMARTS) is 2. The fourth-order valence-corrected chi connectivity index (χ4v) is 8.08. The van der Waals surface area contributed by atoms with Crippen LogP contribution in [-0.4, -0.2) is 146 Å². The maximum atomic E-state index is 12.0. The van der Waals surface area contributed by atoms with E-state index in [0.717, 1.165) is 64.5 Å². The Bertz CT molecular complexity index is 3660. The molecule has 0 amide bonds. The minimum Gasteiger partial charge on any atom is -0.871 e. The fraction of sp³-hybridized carbons (Fsp3) is 0.357. The number of alkyl halides is 8. The maximum absolute atomic E-state index is 12.0. The Morgan fingerprint density at radius 1 is 0.320 bits per heavy atom. The van der Waals surface area contributed by atoms with E-state index >= 15 is 0 Å². The number of carboxylic acids is 2. The number of benzene rings is 8. The van der Waals surface area contributed by atoms with Crippen LogP contribution < -0.4 is 70.0 Å². The number of halogens is 8. The first-order chi connectivity index (χ1) is 54.4. The van der Waals surface area contributed by atoms with Crippen molar-refractivity contribution in [3.05, 3.63) is 190 Å². The fourth-order valence-electron chi connectivity index (χ4n) is 8.08. The third-order valence-corrected chi connectivity index (χ3v) is 13.6. The van der Waals surface area contributed by atoms with Crippen molar-refractivity contribution < 1.29 is 226 Å². The molecule has 0 aliphatic heterocycles. The Balaban J connectivity index is -0.000000118. The summed E-state index contributed by atoms with van der Waals surface area (Å²) in [5.41, 5.74) is 6.66. The van der Waals surface area contributed by atoms with Crippen molar-refractivity contribution in [3.8, 4) is 69.0 Å². The van der Waals surface area contributed by atoms with Gasteiger partial charge in [0.05, 0.1) is 72.5 Å². The number of carbonyl (C=O) groups is 2. The molecule has 2 radical (unpaired) electrons. The van der Waals surface area contributed by atoms with E-state index in [2.05, 4.69) is 103 Å². The van der Waals surface area contributed by atoms with E-state index in [-0.39, 0.29) is 238 Å². The van der Waals surface area contributed by atoms with E-state index in [4.69, 9.17) is 152 Å². The molecule has 8 aromatic rings. The molecule has 0 aliphatic rings. The van der Waals surface area contributed by atoms with E-state index in [9.17, 15) is 40.9 Å². The van der Waals surface area contributed by atoms with Crippen LogP contribution in [0.2, 0.25) is 0 Å². The molecular weight excluding hydrogens is 2160 g/mol. The van der Waals surface area contributed by atoms with Crippen molar-refractivity contribution in [2.75, 3.05) is 78.2 Å². The van der Waals surface area contributed by atoms with Gasteiger partial charge in [-0.15, -0.1) is 92.8 Å². The van der Waals surface area contributed by atoms with Crippen molar-refractivity contribution in [2.45, 2.75) is 119 Å². The zero-order chi connectivity index (χ0) is 91.3. The van der Waals surface area contributed by atoms with Crippen LogP contribution in [0.25, 0.3) is 0 Å². The summed E-state index contributed by atoms with van der Waals surface area (Å²) in [6, 6.07) is 40.2. The molecule has 8 rings (SSSR count). The molecule has 0 aromatic heterocycles. The molecular formula is C84H110Cl8Dy2N4O22Zn2. The summed E-state index contributed by atoms with van der Waals surface area (Å²) in [5.74, 6) is -2.77. The average molecular weight is 2270 g/mol. The summed E-state index contributed by atoms with van der Waals surface area (Å²) in [6.07, 6.45) is 5.64. The molecule has 8 N–H and O–H groups in total. The molecule has 122 heavy (non-hydrogen) atoms. The summed E-state index contributed by atoms with van der Waals surface area (Å²) in [7, 11) is 9.78. The maximum Gasteiger partial charge on any atom is 3.00 e. The monoisotopic (exact) mass is 2260 g/mol. The number of methoxy groups -OCH3 is 4. The predicted molar refractivity (Wildman–Crippen MR) is 465 cm³/mol. The first-order valence-electron chi connectivity index (χ1n) is 33.8. The molecule has 0 heterocycles. The number of rotatable bonds is 12. The number of ether oxygens (including phenoxy) is 4. The number of aliphatic hydroxyl groups is 4. The van der Waals surface area contributed by atoms with Crippen molar-refractivity contribution in [2.24, 2.45) is 20.0 Å². The SMILES string of the molecule is CC(=O)[O-].CC(=O)[O-].CO.CO.CO.CO.COc1cccc(C=Nc2cc(C(C)(C)C)ccc2[O-])c1[O-].COc1cccc(C=Nc2cc(C(C)(C)C)ccc2[O-])c1[O-].COc1cccc(C=Nc2cc(C(C)(C)C)ccc2[O-])c1[O-].COc1cccc(C=Nc2cc(C(C)(C)C)ccc2[O-])c1[O-].ClCCl.ClCCl.ClCCl.ClCCl.O.O.[Dy+3].[Dy+3].[Zn+2].[Zn+2]. The number of para-hydroxylation sites is 4. The van der Waals surface area contributed by atoms with Gasteiger partial charge >= 0.3 is 115 Å². The molecule has 0 saturated carbocycles. The van der Waals surface area contributed by atoms with Gasteiger partial charge in [-0.05, 0) is 129 Å². The Kier molecular flexibility index (Phi) is 95.4. The van der Waals surface area contributed by atoms with Crippen LogP contribution in [0.3, 0.4) is 0 Å². The average Bonchev–Trinajstić information content (AvgIpc) is 0.836. The van der Waals surface area contributed by atoms with Gasteiger partial charge in [0.25, 0.3) is 0 Å². The van der Waals surface area contributed by atoms with Gasteiger partial charge in [0.15, 0.2) is 0 Å². The topological polar surface area (TPSA) is 495 Å². The normalized spacial score (nSPS) is 9.72. The second kappa shape index (κ2) is 81.6. The minimum absolute atomic E-state index is 0. The molecule has 0 unspecified atom stereocenters. The van der Waals surface area contributed by atoms with Gasteiger partial charge < -0.3 is 111 Å². The van der Waals surface area contributed by atoms with Crippen molar-refractivity contribution in [1.29, 1.82) is 0 Å². The van der Waals surface area contributed by atoms with Gasteiger partial charge in [-0.2, -0.15) is 0 Å². The molecule has 0 atom stereocenters. The predicted octanol–water partition coefficient (Wildman–Crippen LogP) is 11.5. The van der Waals surface area contributed by atoms with Crippen LogP contribution in [0.4, 0.5) is 22.7 Å². The van der Waals surface area contributed by atoms with Gasteiger partial charge in [-0.1, -0.05) is 226 Å². The van der Waals surface area contributed by atoms with Crippen LogP contribution >= 0.6 is 92.8 Å². The van der Waals surface area contributed by atoms with Crippen LogP contribution in [0, 0.1) is 76.3 Å². The van der Waals surface area contributed by atoms with Crippen LogP contribution in [0.15, 0.2) is 166 Å². The summed E-state index contributed by atoms with van der Waals surface area (Å²) in [6.45, 7) is 26.8. The summed E-state index contributed by atoms with van der Waals surface area (Å²) < 4.78 is 20.0. The van der Waals surface area contributed by atoms with Gasteiger partial charge in [0.2, 0.25) is 0 Å². The van der Waals surface area contributed by atoms with Gasteiger partial charge in [0, 0.05) is 65.2 Å². The van der Waals surface area contributed by atoms with Gasteiger partial charge in [-0.3, -0.25) is 20.0 Å². The molecule has 0 saturated heterocycles. The first-order valence-corrected chi connectivity index (χ1v) is 38.1. The first kappa shape index (κ1) is 143. The number of aliphatic hydroxyl groups excluding tert-OH is 4. The summed E-state index contributed by atoms with van der Waals surface area (Å²) >= 11 is 38.1. The molecule has 8 aromatic carbocycles. The van der Waals surface area contributed by atoms with Crippen molar-refractivity contribution in [1.82, 2.24) is 0 Å². The summed E-state index contributed by atoms with van der Waals surface area (Å²) in [5, 5.41) is 142. The van der Waals surface area contributed by atoms with Crippen molar-refractivity contribution >= 4 is 152 Å². The Morgan fingerprint density at radius 3 is 0.566 bits per heavy atom. The number of aliphatic carboxylic acids is 2. The molecule has 0 fully saturated rings. The van der Waals surface area contributed by atoms with Gasteiger partial charge in [0.1, 0.15) is 23.0 Å². The molecule has 38 heteroatoms. The Labute approximate surface area is 845 Å². The number of aliphatic imine (C=N–C) groups is 4. The number of hydrogen-bond donors (Lipinski definition) is 4.